The number of likely N-dealkylation sites (tertiary alicyclic amines) is 1. The lowest BCUT2D eigenvalue weighted by molar-refractivity contribution is 0.0585. The fraction of sp³-hybridized carbons (Fsp3) is 0.579. The second-order valence-electron chi connectivity index (χ2n) is 7.22. The number of aromatic nitrogens is 3. The molecular weight excluding hydrogens is 314 g/mol. The van der Waals surface area contributed by atoms with Gasteiger partial charge in [-0.2, -0.15) is 5.10 Å². The van der Waals surface area contributed by atoms with Gasteiger partial charge >= 0.3 is 0 Å². The van der Waals surface area contributed by atoms with E-state index in [2.05, 4.69) is 51.2 Å². The van der Waals surface area contributed by atoms with Gasteiger partial charge in [-0.3, -0.25) is 9.58 Å². The molecule has 2 heterocycles. The van der Waals surface area contributed by atoms with Gasteiger partial charge in [0.05, 0.1) is 6.10 Å². The molecule has 0 radical (unpaired) electrons. The predicted octanol–water partition coefficient (Wildman–Crippen LogP) is 1.48. The van der Waals surface area contributed by atoms with Crippen molar-refractivity contribution < 1.29 is 5.11 Å². The van der Waals surface area contributed by atoms with E-state index in [9.17, 15) is 5.11 Å². The number of nitrogens with zero attached hydrogens (tertiary/aromatic N) is 5. The Hall–Kier alpha value is -1.76. The molecule has 25 heavy (non-hydrogen) atoms. The Bertz CT molecular complexity index is 604. The van der Waals surface area contributed by atoms with Gasteiger partial charge in [0, 0.05) is 32.7 Å². The standard InChI is InChI=1S/C19H29N5O/c1-22(10-17-6-3-2-4-7-17)13-19(25)14-23-9-5-8-18(11-23)12-24-16-20-15-21-24/h2-4,6-7,15-16,18-19,25H,5,8-14H2,1H3/t18-,19+/m1/s1. The Morgan fingerprint density at radius 3 is 2.92 bits per heavy atom. The van der Waals surface area contributed by atoms with E-state index >= 15 is 0 Å². The van der Waals surface area contributed by atoms with Crippen molar-refractivity contribution in [2.45, 2.75) is 32.0 Å². The van der Waals surface area contributed by atoms with Crippen molar-refractivity contribution in [1.82, 2.24) is 24.6 Å². The molecule has 0 amide bonds. The Morgan fingerprint density at radius 2 is 2.16 bits per heavy atom. The fourth-order valence-electron chi connectivity index (χ4n) is 3.73. The van der Waals surface area contributed by atoms with E-state index in [0.717, 1.165) is 32.7 Å². The zero-order chi connectivity index (χ0) is 17.5. The summed E-state index contributed by atoms with van der Waals surface area (Å²) in [5, 5.41) is 14.7. The minimum atomic E-state index is -0.321. The fourth-order valence-corrected chi connectivity index (χ4v) is 3.73. The SMILES string of the molecule is CN(Cc1ccccc1)C[C@H](O)CN1CCC[C@@H](Cn2cncn2)C1. The summed E-state index contributed by atoms with van der Waals surface area (Å²) >= 11 is 0. The highest BCUT2D eigenvalue weighted by molar-refractivity contribution is 5.14. The van der Waals surface area contributed by atoms with E-state index in [0.29, 0.717) is 12.5 Å². The van der Waals surface area contributed by atoms with Gasteiger partial charge in [-0.25, -0.2) is 4.98 Å². The molecule has 0 bridgehead atoms. The van der Waals surface area contributed by atoms with Crippen LogP contribution in [0.25, 0.3) is 0 Å². The Labute approximate surface area is 150 Å². The number of rotatable bonds is 8. The summed E-state index contributed by atoms with van der Waals surface area (Å²) < 4.78 is 1.91. The summed E-state index contributed by atoms with van der Waals surface area (Å²) in [6, 6.07) is 10.4. The molecule has 6 heteroatoms. The van der Waals surface area contributed by atoms with Crippen LogP contribution < -0.4 is 0 Å². The molecule has 0 spiro atoms. The van der Waals surface area contributed by atoms with E-state index in [-0.39, 0.29) is 6.10 Å². The number of aliphatic hydroxyl groups excluding tert-OH is 1. The summed E-state index contributed by atoms with van der Waals surface area (Å²) in [4.78, 5) is 8.60. The van der Waals surface area contributed by atoms with Crippen molar-refractivity contribution in [3.8, 4) is 0 Å². The quantitative estimate of drug-likeness (QED) is 0.787. The van der Waals surface area contributed by atoms with Crippen molar-refractivity contribution in [1.29, 1.82) is 0 Å². The van der Waals surface area contributed by atoms with Crippen LogP contribution >= 0.6 is 0 Å². The minimum Gasteiger partial charge on any atom is -0.390 e. The molecule has 2 atom stereocenters. The molecule has 1 fully saturated rings. The number of aliphatic hydroxyl groups is 1. The average molecular weight is 343 g/mol. The van der Waals surface area contributed by atoms with Crippen LogP contribution in [-0.4, -0.2) is 69.0 Å². The maximum absolute atomic E-state index is 10.5. The second-order valence-corrected chi connectivity index (χ2v) is 7.22. The second kappa shape index (κ2) is 9.08. The highest BCUT2D eigenvalue weighted by Gasteiger charge is 2.22. The summed E-state index contributed by atoms with van der Waals surface area (Å²) in [7, 11) is 2.07. The molecule has 1 aromatic heterocycles. The lowest BCUT2D eigenvalue weighted by Gasteiger charge is -2.34. The van der Waals surface area contributed by atoms with E-state index in [4.69, 9.17) is 0 Å². The molecular formula is C19H29N5O. The summed E-state index contributed by atoms with van der Waals surface area (Å²) in [6.07, 6.45) is 5.46. The minimum absolute atomic E-state index is 0.321. The average Bonchev–Trinajstić information content (AvgIpc) is 3.08. The lowest BCUT2D eigenvalue weighted by atomic mass is 9.98. The monoisotopic (exact) mass is 343 g/mol. The van der Waals surface area contributed by atoms with Gasteiger partial charge in [0.1, 0.15) is 12.7 Å². The number of likely N-dealkylation sites (N-methyl/N-ethyl adjacent to an activating group) is 1. The first-order valence-electron chi connectivity index (χ1n) is 9.14. The van der Waals surface area contributed by atoms with Crippen LogP contribution in [0.1, 0.15) is 18.4 Å². The summed E-state index contributed by atoms with van der Waals surface area (Å²) in [6.45, 7) is 5.33. The smallest absolute Gasteiger partial charge is 0.137 e. The van der Waals surface area contributed by atoms with Crippen LogP contribution in [0.15, 0.2) is 43.0 Å². The third-order valence-corrected chi connectivity index (χ3v) is 4.80. The van der Waals surface area contributed by atoms with Crippen molar-refractivity contribution in [2.75, 3.05) is 33.2 Å². The van der Waals surface area contributed by atoms with E-state index < -0.39 is 0 Å². The molecule has 1 aliphatic heterocycles. The number of hydrogen-bond donors (Lipinski definition) is 1. The number of hydrogen-bond acceptors (Lipinski definition) is 5. The normalized spacial score (nSPS) is 20.0. The van der Waals surface area contributed by atoms with Crippen LogP contribution in [0.3, 0.4) is 0 Å². The first kappa shape index (κ1) is 18.0. The largest absolute Gasteiger partial charge is 0.390 e. The van der Waals surface area contributed by atoms with Gasteiger partial charge in [-0.05, 0) is 37.9 Å². The van der Waals surface area contributed by atoms with Gasteiger partial charge in [0.25, 0.3) is 0 Å². The maximum atomic E-state index is 10.5. The van der Waals surface area contributed by atoms with E-state index in [1.807, 2.05) is 10.7 Å². The number of piperidine rings is 1. The van der Waals surface area contributed by atoms with Crippen LogP contribution in [0.4, 0.5) is 0 Å². The molecule has 136 valence electrons. The third-order valence-electron chi connectivity index (χ3n) is 4.80. The van der Waals surface area contributed by atoms with Crippen LogP contribution in [0, 0.1) is 5.92 Å². The Kier molecular flexibility index (Phi) is 6.55. The topological polar surface area (TPSA) is 57.4 Å². The van der Waals surface area contributed by atoms with Gasteiger partial charge in [0.15, 0.2) is 0 Å². The zero-order valence-corrected chi connectivity index (χ0v) is 15.0. The maximum Gasteiger partial charge on any atom is 0.137 e. The molecule has 1 N–H and O–H groups in total. The van der Waals surface area contributed by atoms with Crippen molar-refractivity contribution >= 4 is 0 Å². The highest BCUT2D eigenvalue weighted by atomic mass is 16.3. The predicted molar refractivity (Wildman–Crippen MR) is 98.0 cm³/mol. The van der Waals surface area contributed by atoms with Crippen LogP contribution in [-0.2, 0) is 13.1 Å². The van der Waals surface area contributed by atoms with Crippen LogP contribution in [0.2, 0.25) is 0 Å². The van der Waals surface area contributed by atoms with E-state index in [1.165, 1.54) is 18.4 Å². The van der Waals surface area contributed by atoms with Gasteiger partial charge in [-0.15, -0.1) is 0 Å². The van der Waals surface area contributed by atoms with E-state index in [1.54, 1.807) is 12.7 Å². The Balaban J connectivity index is 1.41. The molecule has 2 aromatic rings. The number of β-amino-alcohol motifs (C(OH)–C–C–N with tert-alkyl or cyclic N) is 1. The molecule has 6 nitrogen and oxygen atoms in total. The lowest BCUT2D eigenvalue weighted by Crippen LogP contribution is -2.44. The number of benzene rings is 1. The van der Waals surface area contributed by atoms with Gasteiger partial charge < -0.3 is 10.0 Å². The first-order valence-corrected chi connectivity index (χ1v) is 9.14. The first-order chi connectivity index (χ1) is 12.2. The zero-order valence-electron chi connectivity index (χ0n) is 15.0. The van der Waals surface area contributed by atoms with Crippen molar-refractivity contribution in [2.24, 2.45) is 5.92 Å². The molecule has 0 unspecified atom stereocenters. The molecule has 0 saturated carbocycles. The summed E-state index contributed by atoms with van der Waals surface area (Å²) in [5.41, 5.74) is 1.28. The molecule has 0 aliphatic carbocycles. The van der Waals surface area contributed by atoms with Crippen LogP contribution in [0.5, 0.6) is 0 Å². The van der Waals surface area contributed by atoms with Crippen molar-refractivity contribution in [3.05, 3.63) is 48.5 Å². The third kappa shape index (κ3) is 5.92. The van der Waals surface area contributed by atoms with Crippen molar-refractivity contribution in [3.63, 3.8) is 0 Å². The van der Waals surface area contributed by atoms with Gasteiger partial charge in [-0.1, -0.05) is 30.3 Å². The summed E-state index contributed by atoms with van der Waals surface area (Å²) in [5.74, 6) is 0.588. The highest BCUT2D eigenvalue weighted by Crippen LogP contribution is 2.18. The molecule has 1 saturated heterocycles. The molecule has 3 rings (SSSR count). The van der Waals surface area contributed by atoms with Gasteiger partial charge in [0.2, 0.25) is 0 Å². The molecule has 1 aliphatic rings. The molecule has 1 aromatic carbocycles. The Morgan fingerprint density at radius 1 is 1.32 bits per heavy atom.